The number of carbonyl (C=O) groups is 2. The summed E-state index contributed by atoms with van der Waals surface area (Å²) in [4.78, 5) is 35.5. The van der Waals surface area contributed by atoms with Gasteiger partial charge in [0.1, 0.15) is 17.7 Å². The number of rotatable bonds is 12. The summed E-state index contributed by atoms with van der Waals surface area (Å²) in [6.07, 6.45) is 1.33. The van der Waals surface area contributed by atoms with E-state index in [1.165, 1.54) is 0 Å². The van der Waals surface area contributed by atoms with E-state index in [1.54, 1.807) is 16.2 Å². The third kappa shape index (κ3) is 8.11. The molecular weight excluding hydrogens is 605 g/mol. The van der Waals surface area contributed by atoms with Crippen LogP contribution in [0.15, 0.2) is 40.4 Å². The molecule has 3 aromatic rings. The Kier molecular flexibility index (Phi) is 11.1. The molecule has 1 saturated heterocycles. The first-order chi connectivity index (χ1) is 21.1. The largest absolute Gasteiger partial charge is 0.412 e. The van der Waals surface area contributed by atoms with Crippen molar-refractivity contribution in [2.24, 2.45) is 5.92 Å². The molecule has 45 heavy (non-hydrogen) atoms. The van der Waals surface area contributed by atoms with Crippen LogP contribution in [0.1, 0.15) is 89.1 Å². The van der Waals surface area contributed by atoms with E-state index in [1.807, 2.05) is 51.4 Å². The lowest BCUT2D eigenvalue weighted by molar-refractivity contribution is -0.141. The standard InChI is InChI=1S/C34H50N4O5SSi/c1-21(2)30(29-17-26(37-42-29)11-10-16-39)33(41)38-19-27(43-45(8,9)34(5,6)7)18-28(38)32(40)36-22(3)24-12-14-25(15-13-24)31-23(4)35-20-44-31/h12-15,17,20-22,27-28,30,39H,10-11,16,18-19H2,1-9H3,(H,36,40)/t22-,27?,28-,30?/m0/s1. The molecule has 1 aliphatic rings. The van der Waals surface area contributed by atoms with E-state index in [0.717, 1.165) is 21.7 Å². The number of aliphatic hydroxyl groups excluding tert-OH is 1. The van der Waals surface area contributed by atoms with Crippen molar-refractivity contribution in [3.8, 4) is 10.4 Å². The summed E-state index contributed by atoms with van der Waals surface area (Å²) in [6.45, 7) is 19.3. The minimum absolute atomic E-state index is 0.00808. The van der Waals surface area contributed by atoms with Crippen molar-refractivity contribution in [3.63, 3.8) is 0 Å². The van der Waals surface area contributed by atoms with Gasteiger partial charge in [0.2, 0.25) is 11.8 Å². The van der Waals surface area contributed by atoms with Gasteiger partial charge in [-0.05, 0) is 61.9 Å². The molecular formula is C34H50N4O5SSi. The second-order valence-electron chi connectivity index (χ2n) is 14.1. The number of amides is 2. The molecule has 0 radical (unpaired) electrons. The van der Waals surface area contributed by atoms with E-state index >= 15 is 0 Å². The van der Waals surface area contributed by atoms with Gasteiger partial charge in [-0.3, -0.25) is 9.59 Å². The molecule has 4 atom stereocenters. The SMILES string of the molecule is Cc1ncsc1-c1ccc([C@H](C)NC(=O)[C@@H]2CC(O[Si](C)(C)C(C)(C)C)CN2C(=O)C(c2cc(CCCO)no2)C(C)C)cc1. The summed E-state index contributed by atoms with van der Waals surface area (Å²) in [5.41, 5.74) is 5.64. The Balaban J connectivity index is 1.57. The molecule has 0 bridgehead atoms. The van der Waals surface area contributed by atoms with Crippen LogP contribution in [-0.4, -0.2) is 65.6 Å². The molecule has 4 rings (SSSR count). The topological polar surface area (TPSA) is 118 Å². The first-order valence-electron chi connectivity index (χ1n) is 16.0. The van der Waals surface area contributed by atoms with E-state index in [-0.39, 0.29) is 41.5 Å². The Labute approximate surface area is 272 Å². The Bertz CT molecular complexity index is 1450. The summed E-state index contributed by atoms with van der Waals surface area (Å²) >= 11 is 1.61. The molecule has 2 aromatic heterocycles. The number of benzene rings is 1. The maximum Gasteiger partial charge on any atom is 0.243 e. The van der Waals surface area contributed by atoms with Crippen molar-refractivity contribution < 1.29 is 23.6 Å². The fourth-order valence-corrected chi connectivity index (χ4v) is 7.80. The number of nitrogens with zero attached hydrogens (tertiary/aromatic N) is 3. The molecule has 11 heteroatoms. The van der Waals surface area contributed by atoms with Crippen LogP contribution in [0.4, 0.5) is 0 Å². The van der Waals surface area contributed by atoms with Crippen LogP contribution >= 0.6 is 11.3 Å². The zero-order valence-corrected chi connectivity index (χ0v) is 30.0. The number of aliphatic hydroxyl groups is 1. The molecule has 1 aliphatic heterocycles. The fourth-order valence-electron chi connectivity index (χ4n) is 5.63. The summed E-state index contributed by atoms with van der Waals surface area (Å²) < 4.78 is 12.4. The van der Waals surface area contributed by atoms with Crippen molar-refractivity contribution in [3.05, 3.63) is 58.6 Å². The number of likely N-dealkylation sites (tertiary alicyclic amines) is 1. The lowest BCUT2D eigenvalue weighted by Crippen LogP contribution is -2.48. The molecule has 9 nitrogen and oxygen atoms in total. The molecule has 0 saturated carbocycles. The summed E-state index contributed by atoms with van der Waals surface area (Å²) in [6, 6.07) is 9.08. The Morgan fingerprint density at radius 2 is 1.89 bits per heavy atom. The average Bonchev–Trinajstić information content (AvgIpc) is 3.71. The van der Waals surface area contributed by atoms with Gasteiger partial charge in [-0.15, -0.1) is 11.3 Å². The first kappa shape index (κ1) is 35.0. The van der Waals surface area contributed by atoms with E-state index in [2.05, 4.69) is 61.5 Å². The van der Waals surface area contributed by atoms with Crippen LogP contribution in [-0.2, 0) is 20.4 Å². The van der Waals surface area contributed by atoms with E-state index in [9.17, 15) is 14.7 Å². The molecule has 2 amide bonds. The minimum Gasteiger partial charge on any atom is -0.412 e. The normalized spacial score (nSPS) is 18.8. The summed E-state index contributed by atoms with van der Waals surface area (Å²) in [7, 11) is -2.16. The second-order valence-corrected chi connectivity index (χ2v) is 19.7. The predicted molar refractivity (Wildman–Crippen MR) is 181 cm³/mol. The van der Waals surface area contributed by atoms with Crippen molar-refractivity contribution >= 4 is 31.5 Å². The number of aromatic nitrogens is 2. The highest BCUT2D eigenvalue weighted by molar-refractivity contribution is 7.13. The Morgan fingerprint density at radius 3 is 2.47 bits per heavy atom. The van der Waals surface area contributed by atoms with Gasteiger partial charge >= 0.3 is 0 Å². The summed E-state index contributed by atoms with van der Waals surface area (Å²) in [5, 5.41) is 16.6. The fraction of sp³-hybridized carbons (Fsp3) is 0.588. The minimum atomic E-state index is -2.16. The smallest absolute Gasteiger partial charge is 0.243 e. The monoisotopic (exact) mass is 654 g/mol. The van der Waals surface area contributed by atoms with E-state index in [4.69, 9.17) is 8.95 Å². The van der Waals surface area contributed by atoms with Gasteiger partial charge < -0.3 is 24.3 Å². The zero-order valence-electron chi connectivity index (χ0n) is 28.2. The van der Waals surface area contributed by atoms with E-state index < -0.39 is 20.3 Å². The third-order valence-corrected chi connectivity index (χ3v) is 14.8. The maximum atomic E-state index is 14.3. The molecule has 0 spiro atoms. The van der Waals surface area contributed by atoms with Crippen LogP contribution in [0.2, 0.25) is 18.1 Å². The van der Waals surface area contributed by atoms with Crippen LogP contribution in [0.25, 0.3) is 10.4 Å². The van der Waals surface area contributed by atoms with E-state index in [0.29, 0.717) is 37.3 Å². The molecule has 1 fully saturated rings. The van der Waals surface area contributed by atoms with Crippen LogP contribution in [0.3, 0.4) is 0 Å². The highest BCUT2D eigenvalue weighted by Crippen LogP contribution is 2.40. The molecule has 1 aromatic carbocycles. The third-order valence-electron chi connectivity index (χ3n) is 9.30. The second kappa shape index (κ2) is 14.3. The predicted octanol–water partition coefficient (Wildman–Crippen LogP) is 6.64. The van der Waals surface area contributed by atoms with Gasteiger partial charge in [0.05, 0.1) is 33.9 Å². The van der Waals surface area contributed by atoms with Gasteiger partial charge in [-0.2, -0.15) is 0 Å². The highest BCUT2D eigenvalue weighted by atomic mass is 32.1. The Hall–Kier alpha value is -2.86. The van der Waals surface area contributed by atoms with Gasteiger partial charge in [0.15, 0.2) is 8.32 Å². The van der Waals surface area contributed by atoms with Crippen molar-refractivity contribution in [1.29, 1.82) is 0 Å². The summed E-state index contributed by atoms with van der Waals surface area (Å²) in [5.74, 6) is -0.542. The average molecular weight is 655 g/mol. The number of aryl methyl sites for hydroxylation is 2. The Morgan fingerprint density at radius 1 is 1.20 bits per heavy atom. The zero-order chi connectivity index (χ0) is 33.1. The highest BCUT2D eigenvalue weighted by Gasteiger charge is 2.47. The van der Waals surface area contributed by atoms with Crippen molar-refractivity contribution in [2.45, 2.75) is 110 Å². The van der Waals surface area contributed by atoms with Gasteiger partial charge in [-0.25, -0.2) is 4.98 Å². The number of thiazole rings is 1. The van der Waals surface area contributed by atoms with Crippen molar-refractivity contribution in [1.82, 2.24) is 20.4 Å². The number of hydrogen-bond donors (Lipinski definition) is 2. The molecule has 2 N–H and O–H groups in total. The molecule has 3 heterocycles. The lowest BCUT2D eigenvalue weighted by Gasteiger charge is -2.38. The molecule has 2 unspecified atom stereocenters. The number of nitrogens with one attached hydrogen (secondary N) is 1. The van der Waals surface area contributed by atoms with Crippen LogP contribution < -0.4 is 5.32 Å². The van der Waals surface area contributed by atoms with Crippen LogP contribution in [0, 0.1) is 12.8 Å². The quantitative estimate of drug-likeness (QED) is 0.210. The van der Waals surface area contributed by atoms with Gasteiger partial charge in [0, 0.05) is 25.6 Å². The molecule has 246 valence electrons. The maximum absolute atomic E-state index is 14.3. The van der Waals surface area contributed by atoms with Crippen LogP contribution in [0.5, 0.6) is 0 Å². The number of carbonyl (C=O) groups excluding carboxylic acids is 2. The van der Waals surface area contributed by atoms with Gasteiger partial charge in [0.25, 0.3) is 0 Å². The van der Waals surface area contributed by atoms with Gasteiger partial charge in [-0.1, -0.05) is 64.0 Å². The molecule has 0 aliphatic carbocycles. The van der Waals surface area contributed by atoms with Crippen molar-refractivity contribution in [2.75, 3.05) is 13.2 Å². The first-order valence-corrected chi connectivity index (χ1v) is 19.8. The number of hydrogen-bond acceptors (Lipinski definition) is 8. The lowest BCUT2D eigenvalue weighted by atomic mass is 9.91.